The summed E-state index contributed by atoms with van der Waals surface area (Å²) in [7, 11) is 1.70. The Kier molecular flexibility index (Phi) is 5.18. The quantitative estimate of drug-likeness (QED) is 0.303. The number of hydrogen-bond acceptors (Lipinski definition) is 6. The Morgan fingerprint density at radius 3 is 2.84 bits per heavy atom. The van der Waals surface area contributed by atoms with Crippen molar-refractivity contribution in [2.75, 3.05) is 34.8 Å². The first-order chi connectivity index (χ1) is 15.2. The molecule has 2 aliphatic heterocycles. The van der Waals surface area contributed by atoms with Crippen LogP contribution in [0.5, 0.6) is 0 Å². The fraction of sp³-hybridized carbons (Fsp3) is 0.421. The molecule has 4 rings (SSSR count). The molecule has 0 radical (unpaired) electrons. The lowest BCUT2D eigenvalue weighted by Crippen LogP contribution is -2.59. The fourth-order valence-corrected chi connectivity index (χ4v) is 3.67. The zero-order chi connectivity index (χ0) is 23.0. The summed E-state index contributed by atoms with van der Waals surface area (Å²) in [4.78, 5) is 47.4. The van der Waals surface area contributed by atoms with Gasteiger partial charge in [-0.05, 0) is 31.5 Å². The second kappa shape index (κ2) is 7.85. The molecule has 13 heteroatoms. The molecule has 0 aliphatic carbocycles. The van der Waals surface area contributed by atoms with Crippen LogP contribution in [0, 0.1) is 5.41 Å². The zero-order valence-electron chi connectivity index (χ0n) is 17.8. The highest BCUT2D eigenvalue weighted by atomic mass is 16.2. The van der Waals surface area contributed by atoms with Gasteiger partial charge in [0.1, 0.15) is 17.2 Å². The molecule has 2 N–H and O–H groups in total. The van der Waals surface area contributed by atoms with Crippen LogP contribution in [0.3, 0.4) is 0 Å². The van der Waals surface area contributed by atoms with Gasteiger partial charge in [-0.3, -0.25) is 24.1 Å². The molecule has 2 saturated heterocycles. The molecular formula is C19H22N10O3. The smallest absolute Gasteiger partial charge is 0.323 e. The maximum Gasteiger partial charge on any atom is 0.323 e. The molecule has 2 aromatic rings. The predicted octanol–water partition coefficient (Wildman–Crippen LogP) is 1.65. The molecule has 2 aromatic heterocycles. The molecule has 2 fully saturated rings. The average molecular weight is 438 g/mol. The Morgan fingerprint density at radius 1 is 1.38 bits per heavy atom. The summed E-state index contributed by atoms with van der Waals surface area (Å²) >= 11 is 0. The lowest BCUT2D eigenvalue weighted by atomic mass is 9.83. The van der Waals surface area contributed by atoms with Gasteiger partial charge in [0.05, 0.1) is 17.7 Å². The van der Waals surface area contributed by atoms with Crippen molar-refractivity contribution in [3.05, 3.63) is 40.5 Å². The number of azide groups is 1. The molecule has 13 nitrogen and oxygen atoms in total. The van der Waals surface area contributed by atoms with E-state index in [9.17, 15) is 14.4 Å². The molecule has 0 aromatic carbocycles. The second-order valence-corrected chi connectivity index (χ2v) is 8.32. The van der Waals surface area contributed by atoms with Crippen LogP contribution in [0.15, 0.2) is 29.5 Å². The van der Waals surface area contributed by atoms with Crippen molar-refractivity contribution in [1.82, 2.24) is 20.1 Å². The van der Waals surface area contributed by atoms with Crippen LogP contribution >= 0.6 is 0 Å². The average Bonchev–Trinajstić information content (AvgIpc) is 3.32. The van der Waals surface area contributed by atoms with Gasteiger partial charge in [-0.25, -0.2) is 9.78 Å². The fourth-order valence-electron chi connectivity index (χ4n) is 3.67. The normalized spacial score (nSPS) is 19.3. The molecule has 0 bridgehead atoms. The molecule has 32 heavy (non-hydrogen) atoms. The van der Waals surface area contributed by atoms with Gasteiger partial charge < -0.3 is 10.6 Å². The van der Waals surface area contributed by atoms with Crippen LogP contribution in [0.2, 0.25) is 0 Å². The first-order valence-electron chi connectivity index (χ1n) is 9.92. The maximum atomic E-state index is 12.9. The van der Waals surface area contributed by atoms with Gasteiger partial charge in [0.2, 0.25) is 5.91 Å². The van der Waals surface area contributed by atoms with E-state index < -0.39 is 11.3 Å². The summed E-state index contributed by atoms with van der Waals surface area (Å²) in [5, 5.41) is 13.3. The van der Waals surface area contributed by atoms with Gasteiger partial charge in [-0.15, -0.1) is 0 Å². The van der Waals surface area contributed by atoms with Crippen molar-refractivity contribution in [1.29, 1.82) is 0 Å². The van der Waals surface area contributed by atoms with Crippen LogP contribution in [0.25, 0.3) is 10.4 Å². The van der Waals surface area contributed by atoms with Crippen molar-refractivity contribution in [3.8, 4) is 0 Å². The van der Waals surface area contributed by atoms with E-state index in [0.29, 0.717) is 23.9 Å². The number of anilines is 3. The van der Waals surface area contributed by atoms with E-state index in [1.807, 2.05) is 13.8 Å². The molecule has 0 unspecified atom stereocenters. The van der Waals surface area contributed by atoms with Gasteiger partial charge in [0, 0.05) is 31.6 Å². The molecule has 4 heterocycles. The van der Waals surface area contributed by atoms with Crippen molar-refractivity contribution < 1.29 is 14.4 Å². The molecule has 4 amide bonds. The number of β-lactam (4-membered cyclic amide) rings is 1. The van der Waals surface area contributed by atoms with E-state index in [-0.39, 0.29) is 36.8 Å². The lowest BCUT2D eigenvalue weighted by molar-refractivity contribution is -0.132. The van der Waals surface area contributed by atoms with Crippen molar-refractivity contribution >= 4 is 35.2 Å². The Balaban J connectivity index is 1.51. The van der Waals surface area contributed by atoms with Crippen molar-refractivity contribution in [2.24, 2.45) is 17.6 Å². The van der Waals surface area contributed by atoms with Crippen molar-refractivity contribution in [3.63, 3.8) is 0 Å². The Hall–Kier alpha value is -4.12. The number of nitrogens with one attached hydrogen (secondary N) is 2. The first-order valence-corrected chi connectivity index (χ1v) is 9.92. The van der Waals surface area contributed by atoms with E-state index >= 15 is 0 Å². The lowest BCUT2D eigenvalue weighted by Gasteiger charge is -2.43. The number of rotatable bonds is 6. The third-order valence-corrected chi connectivity index (χ3v) is 5.28. The van der Waals surface area contributed by atoms with E-state index in [1.54, 1.807) is 25.4 Å². The third kappa shape index (κ3) is 3.81. The minimum absolute atomic E-state index is 0.0674. The number of nitrogens with zero attached hydrogens (tertiary/aromatic N) is 8. The number of carbonyl (C=O) groups is 3. The second-order valence-electron chi connectivity index (χ2n) is 8.32. The van der Waals surface area contributed by atoms with E-state index in [0.717, 1.165) is 0 Å². The summed E-state index contributed by atoms with van der Waals surface area (Å²) in [6, 6.07) is 4.04. The van der Waals surface area contributed by atoms with Gasteiger partial charge >= 0.3 is 6.03 Å². The first kappa shape index (κ1) is 21.1. The summed E-state index contributed by atoms with van der Waals surface area (Å²) in [6.07, 6.45) is 1.61. The molecule has 2 aliphatic rings. The molecular weight excluding hydrogens is 416 g/mol. The number of urea groups is 1. The monoisotopic (exact) mass is 438 g/mol. The van der Waals surface area contributed by atoms with E-state index in [2.05, 4.69) is 30.7 Å². The topological polar surface area (TPSA) is 161 Å². The van der Waals surface area contributed by atoms with Gasteiger partial charge in [-0.1, -0.05) is 11.2 Å². The number of aryl methyl sites for hydroxylation is 1. The van der Waals surface area contributed by atoms with E-state index in [1.165, 1.54) is 20.5 Å². The maximum absolute atomic E-state index is 12.9. The Morgan fingerprint density at radius 2 is 2.16 bits per heavy atom. The summed E-state index contributed by atoms with van der Waals surface area (Å²) in [6.45, 7) is 4.59. The summed E-state index contributed by atoms with van der Waals surface area (Å²) in [5.41, 5.74) is 8.49. The minimum Gasteiger partial charge on any atom is -0.333 e. The molecule has 166 valence electrons. The predicted molar refractivity (Wildman–Crippen MR) is 115 cm³/mol. The van der Waals surface area contributed by atoms with Crippen LogP contribution in [0.4, 0.5) is 22.1 Å². The Labute approximate surface area is 183 Å². The van der Waals surface area contributed by atoms with Crippen LogP contribution < -0.4 is 20.4 Å². The highest BCUT2D eigenvalue weighted by molar-refractivity contribution is 6.09. The van der Waals surface area contributed by atoms with Crippen LogP contribution in [0.1, 0.15) is 24.3 Å². The van der Waals surface area contributed by atoms with Gasteiger partial charge in [0.15, 0.2) is 5.82 Å². The molecule has 1 atom stereocenters. The van der Waals surface area contributed by atoms with Crippen LogP contribution in [-0.2, 0) is 11.8 Å². The Bertz CT molecular complexity index is 1150. The summed E-state index contributed by atoms with van der Waals surface area (Å²) < 4.78 is 1.52. The zero-order valence-corrected chi connectivity index (χ0v) is 17.8. The molecule has 0 spiro atoms. The standard InChI is InChI=1S/C19H22N10O3/c1-19(2)10-29(17(19)31)15-13(9-27(3)25-15)24-16(30)12-5-4-6-14(23-12)28-8-11(7-21-26-20)22-18(28)32/h4-6,9,11H,7-8,10H2,1-3H3,(H,22,32)(H,24,30)/t11-/m1/s1. The largest absolute Gasteiger partial charge is 0.333 e. The SMILES string of the molecule is Cn1cc(NC(=O)c2cccc(N3C[C@@H](CN=[N+]=[N-])NC3=O)n2)c(N2CC(C)(C)C2=O)n1. The third-order valence-electron chi connectivity index (χ3n) is 5.28. The van der Waals surface area contributed by atoms with Crippen LogP contribution in [-0.4, -0.2) is 58.3 Å². The number of hydrogen-bond donors (Lipinski definition) is 2. The van der Waals surface area contributed by atoms with Gasteiger partial charge in [0.25, 0.3) is 5.91 Å². The van der Waals surface area contributed by atoms with Gasteiger partial charge in [-0.2, -0.15) is 5.10 Å². The highest BCUT2D eigenvalue weighted by Gasteiger charge is 2.46. The summed E-state index contributed by atoms with van der Waals surface area (Å²) in [5.74, 6) is 0.103. The molecule has 0 saturated carbocycles. The van der Waals surface area contributed by atoms with E-state index in [4.69, 9.17) is 5.53 Å². The number of carbonyl (C=O) groups excluding carboxylic acids is 3. The van der Waals surface area contributed by atoms with Crippen molar-refractivity contribution in [2.45, 2.75) is 19.9 Å². The number of pyridine rings is 1. The highest BCUT2D eigenvalue weighted by Crippen LogP contribution is 2.37. The minimum atomic E-state index is -0.501. The number of amides is 4. The number of aromatic nitrogens is 3.